The molecule has 0 spiro atoms. The van der Waals surface area contributed by atoms with E-state index in [0.29, 0.717) is 32.0 Å². The Hall–Kier alpha value is -1.13. The van der Waals surface area contributed by atoms with Gasteiger partial charge in [-0.2, -0.15) is 0 Å². The van der Waals surface area contributed by atoms with Gasteiger partial charge in [0.05, 0.1) is 31.5 Å². The Bertz CT molecular complexity index is 688. The van der Waals surface area contributed by atoms with E-state index in [1.165, 1.54) is 18.2 Å². The lowest BCUT2D eigenvalue weighted by Crippen LogP contribution is -2.12. The predicted molar refractivity (Wildman–Crippen MR) is 85.3 cm³/mol. The van der Waals surface area contributed by atoms with Gasteiger partial charge in [-0.3, -0.25) is 4.79 Å². The van der Waals surface area contributed by atoms with Crippen LogP contribution in [0.15, 0.2) is 30.3 Å². The molecule has 2 aromatic rings. The number of halogens is 4. The summed E-state index contributed by atoms with van der Waals surface area (Å²) in [5.74, 6) is -0.381. The smallest absolute Gasteiger partial charge is 0.255 e. The number of amides is 1. The highest BCUT2D eigenvalue weighted by Gasteiger charge is 2.12. The molecule has 0 aliphatic heterocycles. The summed E-state index contributed by atoms with van der Waals surface area (Å²) >= 11 is 23.5. The molecule has 0 aliphatic rings. The van der Waals surface area contributed by atoms with Gasteiger partial charge in [0.25, 0.3) is 5.91 Å². The summed E-state index contributed by atoms with van der Waals surface area (Å²) in [6.07, 6.45) is 0. The average Bonchev–Trinajstić information content (AvgIpc) is 2.39. The van der Waals surface area contributed by atoms with E-state index >= 15 is 0 Å². The van der Waals surface area contributed by atoms with Crippen LogP contribution in [0.3, 0.4) is 0 Å². The fourth-order valence-corrected chi connectivity index (χ4v) is 2.21. The number of nitrogens with one attached hydrogen (secondary N) is 1. The van der Waals surface area contributed by atoms with Crippen molar-refractivity contribution in [3.8, 4) is 0 Å². The minimum Gasteiger partial charge on any atom is -0.398 e. The zero-order valence-corrected chi connectivity index (χ0v) is 12.9. The summed E-state index contributed by atoms with van der Waals surface area (Å²) in [5.41, 5.74) is 6.68. The highest BCUT2D eigenvalue weighted by Crippen LogP contribution is 2.32. The summed E-state index contributed by atoms with van der Waals surface area (Å²) in [5, 5.41) is 3.90. The number of hydrogen-bond donors (Lipinski definition) is 2. The zero-order valence-electron chi connectivity index (χ0n) is 9.88. The van der Waals surface area contributed by atoms with Crippen molar-refractivity contribution < 1.29 is 4.79 Å². The van der Waals surface area contributed by atoms with Crippen LogP contribution in [-0.4, -0.2) is 5.91 Å². The largest absolute Gasteiger partial charge is 0.398 e. The minimum absolute atomic E-state index is 0.287. The second-order valence-electron chi connectivity index (χ2n) is 3.94. The van der Waals surface area contributed by atoms with Crippen LogP contribution in [-0.2, 0) is 0 Å². The standard InChI is InChI=1S/C13H8Cl4N2O/c14-7-2-1-6(3-11(7)18)13(20)19-12-5-9(16)8(15)4-10(12)17/h1-5H,18H2,(H,19,20). The average molecular weight is 350 g/mol. The van der Waals surface area contributed by atoms with Crippen LogP contribution in [0.5, 0.6) is 0 Å². The van der Waals surface area contributed by atoms with Gasteiger partial charge in [0.2, 0.25) is 0 Å². The lowest BCUT2D eigenvalue weighted by molar-refractivity contribution is 0.102. The zero-order chi connectivity index (χ0) is 14.9. The summed E-state index contributed by atoms with van der Waals surface area (Å²) in [7, 11) is 0. The molecular weight excluding hydrogens is 342 g/mol. The molecule has 2 rings (SSSR count). The molecule has 0 saturated heterocycles. The SMILES string of the molecule is Nc1cc(C(=O)Nc2cc(Cl)c(Cl)cc2Cl)ccc1Cl. The number of benzene rings is 2. The van der Waals surface area contributed by atoms with Gasteiger partial charge in [0.15, 0.2) is 0 Å². The molecule has 7 heteroatoms. The summed E-state index contributed by atoms with van der Waals surface area (Å²) < 4.78 is 0. The third-order valence-corrected chi connectivity index (χ3v) is 3.90. The van der Waals surface area contributed by atoms with Crippen LogP contribution in [0, 0.1) is 0 Å². The first-order valence-corrected chi connectivity index (χ1v) is 6.90. The third kappa shape index (κ3) is 3.30. The van der Waals surface area contributed by atoms with Crippen molar-refractivity contribution in [1.29, 1.82) is 0 Å². The molecule has 0 unspecified atom stereocenters. The van der Waals surface area contributed by atoms with Gasteiger partial charge in [-0.1, -0.05) is 46.4 Å². The lowest BCUT2D eigenvalue weighted by Gasteiger charge is -2.09. The first kappa shape index (κ1) is 15.3. The number of hydrogen-bond acceptors (Lipinski definition) is 2. The van der Waals surface area contributed by atoms with Crippen molar-refractivity contribution in [3.63, 3.8) is 0 Å². The van der Waals surface area contributed by atoms with Crippen LogP contribution in [0.1, 0.15) is 10.4 Å². The molecule has 0 bridgehead atoms. The second kappa shape index (κ2) is 6.10. The Balaban J connectivity index is 2.27. The maximum atomic E-state index is 12.1. The van der Waals surface area contributed by atoms with Crippen molar-refractivity contribution in [2.75, 3.05) is 11.1 Å². The van der Waals surface area contributed by atoms with E-state index in [-0.39, 0.29) is 10.9 Å². The molecule has 0 aliphatic carbocycles. The quantitative estimate of drug-likeness (QED) is 0.583. The highest BCUT2D eigenvalue weighted by atomic mass is 35.5. The Morgan fingerprint density at radius 2 is 1.55 bits per heavy atom. The van der Waals surface area contributed by atoms with Crippen molar-refractivity contribution in [2.45, 2.75) is 0 Å². The number of carbonyl (C=O) groups excluding carboxylic acids is 1. The van der Waals surface area contributed by atoms with Gasteiger partial charge in [0, 0.05) is 5.56 Å². The fraction of sp³-hybridized carbons (Fsp3) is 0. The monoisotopic (exact) mass is 348 g/mol. The van der Waals surface area contributed by atoms with Crippen LogP contribution in [0.25, 0.3) is 0 Å². The number of anilines is 2. The molecule has 20 heavy (non-hydrogen) atoms. The normalized spacial score (nSPS) is 10.4. The second-order valence-corrected chi connectivity index (χ2v) is 5.57. The Labute approximate surface area is 135 Å². The van der Waals surface area contributed by atoms with E-state index in [9.17, 15) is 4.79 Å². The van der Waals surface area contributed by atoms with E-state index in [1.54, 1.807) is 12.1 Å². The van der Waals surface area contributed by atoms with Crippen molar-refractivity contribution in [2.24, 2.45) is 0 Å². The summed E-state index contributed by atoms with van der Waals surface area (Å²) in [6.45, 7) is 0. The molecule has 0 radical (unpaired) electrons. The Morgan fingerprint density at radius 3 is 2.20 bits per heavy atom. The summed E-state index contributed by atoms with van der Waals surface area (Å²) in [6, 6.07) is 7.51. The first-order valence-electron chi connectivity index (χ1n) is 5.39. The molecule has 2 aromatic carbocycles. The molecule has 1 amide bonds. The molecule has 0 saturated carbocycles. The van der Waals surface area contributed by atoms with E-state index < -0.39 is 0 Å². The van der Waals surface area contributed by atoms with E-state index in [4.69, 9.17) is 52.1 Å². The van der Waals surface area contributed by atoms with Gasteiger partial charge in [-0.05, 0) is 30.3 Å². The number of rotatable bonds is 2. The van der Waals surface area contributed by atoms with Gasteiger partial charge in [-0.25, -0.2) is 0 Å². The third-order valence-electron chi connectivity index (χ3n) is 2.52. The molecular formula is C13H8Cl4N2O. The topological polar surface area (TPSA) is 55.1 Å². The molecule has 0 heterocycles. The number of nitrogen functional groups attached to an aromatic ring is 1. The van der Waals surface area contributed by atoms with Crippen molar-refractivity contribution in [3.05, 3.63) is 56.0 Å². The van der Waals surface area contributed by atoms with Gasteiger partial charge >= 0.3 is 0 Å². The van der Waals surface area contributed by atoms with Gasteiger partial charge in [-0.15, -0.1) is 0 Å². The Kier molecular flexibility index (Phi) is 4.66. The highest BCUT2D eigenvalue weighted by molar-refractivity contribution is 6.44. The maximum Gasteiger partial charge on any atom is 0.255 e. The van der Waals surface area contributed by atoms with Gasteiger partial charge in [0.1, 0.15) is 0 Å². The predicted octanol–water partition coefficient (Wildman–Crippen LogP) is 5.13. The van der Waals surface area contributed by atoms with E-state index in [1.807, 2.05) is 0 Å². The fourth-order valence-electron chi connectivity index (χ4n) is 1.50. The number of nitrogens with two attached hydrogens (primary N) is 1. The molecule has 0 atom stereocenters. The molecule has 0 fully saturated rings. The first-order chi connectivity index (χ1) is 9.38. The Morgan fingerprint density at radius 1 is 0.900 bits per heavy atom. The van der Waals surface area contributed by atoms with Crippen LogP contribution in [0.2, 0.25) is 20.1 Å². The number of carbonyl (C=O) groups is 1. The van der Waals surface area contributed by atoms with Crippen molar-refractivity contribution >= 4 is 63.7 Å². The summed E-state index contributed by atoms with van der Waals surface area (Å²) in [4.78, 5) is 12.1. The minimum atomic E-state index is -0.381. The van der Waals surface area contributed by atoms with Crippen molar-refractivity contribution in [1.82, 2.24) is 0 Å². The molecule has 3 nitrogen and oxygen atoms in total. The molecule has 104 valence electrons. The lowest BCUT2D eigenvalue weighted by atomic mass is 10.2. The maximum absolute atomic E-state index is 12.1. The van der Waals surface area contributed by atoms with Gasteiger partial charge < -0.3 is 11.1 Å². The van der Waals surface area contributed by atoms with E-state index in [2.05, 4.69) is 5.32 Å². The van der Waals surface area contributed by atoms with Crippen LogP contribution >= 0.6 is 46.4 Å². The molecule has 3 N–H and O–H groups in total. The van der Waals surface area contributed by atoms with Crippen LogP contribution in [0.4, 0.5) is 11.4 Å². The van der Waals surface area contributed by atoms with Crippen LogP contribution < -0.4 is 11.1 Å². The van der Waals surface area contributed by atoms with E-state index in [0.717, 1.165) is 0 Å². The molecule has 0 aromatic heterocycles.